The molecule has 0 saturated carbocycles. The predicted octanol–water partition coefficient (Wildman–Crippen LogP) is 3.55. The molecule has 0 amide bonds. The van der Waals surface area contributed by atoms with Gasteiger partial charge in [-0.25, -0.2) is 0 Å². The first kappa shape index (κ1) is 16.1. The lowest BCUT2D eigenvalue weighted by atomic mass is 9.92. The van der Waals surface area contributed by atoms with E-state index in [1.165, 1.54) is 6.08 Å². The summed E-state index contributed by atoms with van der Waals surface area (Å²) in [4.78, 5) is 0. The Morgan fingerprint density at radius 1 is 1.35 bits per heavy atom. The summed E-state index contributed by atoms with van der Waals surface area (Å²) in [6.07, 6.45) is 1.92. The molecule has 3 nitrogen and oxygen atoms in total. The van der Waals surface area contributed by atoms with Gasteiger partial charge >= 0.3 is 6.18 Å². The molecule has 3 aliphatic rings. The topological polar surface area (TPSA) is 24.8 Å². The number of rotatable bonds is 1. The first-order valence-corrected chi connectivity index (χ1v) is 7.54. The van der Waals surface area contributed by atoms with E-state index in [0.29, 0.717) is 12.2 Å². The Kier molecular flexibility index (Phi) is 4.44. The van der Waals surface area contributed by atoms with Crippen molar-refractivity contribution in [3.05, 3.63) is 23.8 Å². The summed E-state index contributed by atoms with van der Waals surface area (Å²) < 4.78 is 56.0. The van der Waals surface area contributed by atoms with Gasteiger partial charge in [0, 0.05) is 12.2 Å². The molecule has 124 valence electrons. The summed E-state index contributed by atoms with van der Waals surface area (Å²) in [5, 5.41) is 5.56. The maximum absolute atomic E-state index is 14.1. The monoisotopic (exact) mass is 328 g/mol. The molecule has 0 aromatic rings. The highest BCUT2D eigenvalue weighted by Crippen LogP contribution is 2.33. The second-order valence-corrected chi connectivity index (χ2v) is 5.72. The number of ether oxygens (including phenoxy) is 1. The van der Waals surface area contributed by atoms with Crippen LogP contribution in [0.4, 0.5) is 17.6 Å². The summed E-state index contributed by atoms with van der Waals surface area (Å²) in [6.45, 7) is 0.628. The third kappa shape index (κ3) is 3.75. The molecule has 3 atom stereocenters. The summed E-state index contributed by atoms with van der Waals surface area (Å²) in [5.74, 6) is 3.35. The van der Waals surface area contributed by atoms with Gasteiger partial charge in [-0.3, -0.25) is 5.01 Å². The van der Waals surface area contributed by atoms with Crippen LogP contribution in [0.25, 0.3) is 0 Å². The quantitative estimate of drug-likeness (QED) is 0.543. The second kappa shape index (κ2) is 6.36. The Bertz CT molecular complexity index is 606. The van der Waals surface area contributed by atoms with Gasteiger partial charge in [-0.05, 0) is 25.3 Å². The van der Waals surface area contributed by atoms with Crippen LogP contribution in [-0.4, -0.2) is 36.0 Å². The maximum atomic E-state index is 14.1. The minimum absolute atomic E-state index is 0.250. The van der Waals surface area contributed by atoms with Crippen molar-refractivity contribution in [2.45, 2.75) is 44.1 Å². The average molecular weight is 328 g/mol. The molecule has 1 aliphatic carbocycles. The highest BCUT2D eigenvalue weighted by Gasteiger charge is 2.40. The number of allylic oxidation sites excluding steroid dienone is 2. The molecule has 2 heterocycles. The first-order valence-electron chi connectivity index (χ1n) is 7.54. The molecule has 7 heteroatoms. The number of hydrogen-bond acceptors (Lipinski definition) is 3. The van der Waals surface area contributed by atoms with Crippen molar-refractivity contribution >= 4 is 5.97 Å². The lowest BCUT2D eigenvalue weighted by molar-refractivity contribution is -0.123. The first-order chi connectivity index (χ1) is 10.9. The molecule has 0 bridgehead atoms. The van der Waals surface area contributed by atoms with Gasteiger partial charge in [0.15, 0.2) is 0 Å². The Balaban J connectivity index is 1.70. The highest BCUT2D eigenvalue weighted by molar-refractivity contribution is 5.83. The van der Waals surface area contributed by atoms with E-state index in [1.807, 2.05) is 0 Å². The summed E-state index contributed by atoms with van der Waals surface area (Å²) in [6, 6.07) is -0.300. The zero-order valence-electron chi connectivity index (χ0n) is 12.3. The number of nitrogens with zero attached hydrogens (tertiary/aromatic N) is 2. The summed E-state index contributed by atoms with van der Waals surface area (Å²) >= 11 is 0. The van der Waals surface area contributed by atoms with Gasteiger partial charge in [0.2, 0.25) is 5.97 Å². The fourth-order valence-electron chi connectivity index (χ4n) is 2.89. The third-order valence-corrected chi connectivity index (χ3v) is 3.96. The minimum atomic E-state index is -4.32. The van der Waals surface area contributed by atoms with Gasteiger partial charge in [0.25, 0.3) is 0 Å². The van der Waals surface area contributed by atoms with Crippen LogP contribution in [0.1, 0.15) is 25.7 Å². The molecule has 0 radical (unpaired) electrons. The maximum Gasteiger partial charge on any atom is 0.399 e. The van der Waals surface area contributed by atoms with Crippen molar-refractivity contribution in [3.8, 4) is 11.8 Å². The van der Waals surface area contributed by atoms with Crippen molar-refractivity contribution in [2.24, 2.45) is 11.0 Å². The molecule has 23 heavy (non-hydrogen) atoms. The van der Waals surface area contributed by atoms with Crippen molar-refractivity contribution in [3.63, 3.8) is 0 Å². The van der Waals surface area contributed by atoms with E-state index in [4.69, 9.17) is 4.74 Å². The van der Waals surface area contributed by atoms with E-state index < -0.39 is 24.5 Å². The third-order valence-electron chi connectivity index (χ3n) is 3.96. The van der Waals surface area contributed by atoms with Crippen molar-refractivity contribution in [1.29, 1.82) is 0 Å². The molecule has 0 spiro atoms. The van der Waals surface area contributed by atoms with E-state index in [-0.39, 0.29) is 12.3 Å². The van der Waals surface area contributed by atoms with E-state index >= 15 is 0 Å². The molecular weight excluding hydrogens is 312 g/mol. The number of hydrazone groups is 1. The lowest BCUT2D eigenvalue weighted by Crippen LogP contribution is -2.42. The van der Waals surface area contributed by atoms with Gasteiger partial charge in [-0.15, -0.1) is 5.10 Å². The zero-order chi connectivity index (χ0) is 16.4. The molecular formula is C16H16F4N2O. The van der Waals surface area contributed by atoms with Gasteiger partial charge in [-0.2, -0.15) is 17.6 Å². The average Bonchev–Trinajstić information content (AvgIpc) is 2.84. The van der Waals surface area contributed by atoms with Crippen LogP contribution in [0.5, 0.6) is 0 Å². The van der Waals surface area contributed by atoms with Crippen LogP contribution in [0.2, 0.25) is 0 Å². The van der Waals surface area contributed by atoms with Crippen molar-refractivity contribution < 1.29 is 22.3 Å². The Labute approximate surface area is 131 Å². The van der Waals surface area contributed by atoms with E-state index in [1.54, 1.807) is 17.2 Å². The van der Waals surface area contributed by atoms with Gasteiger partial charge in [0.1, 0.15) is 12.6 Å². The van der Waals surface area contributed by atoms with Crippen LogP contribution in [0.3, 0.4) is 0 Å². The Morgan fingerprint density at radius 3 is 2.87 bits per heavy atom. The van der Waals surface area contributed by atoms with Crippen molar-refractivity contribution in [2.75, 3.05) is 6.61 Å². The van der Waals surface area contributed by atoms with Crippen LogP contribution in [0.15, 0.2) is 28.9 Å². The molecule has 3 rings (SSSR count). The normalized spacial score (nSPS) is 30.3. The van der Waals surface area contributed by atoms with E-state index in [9.17, 15) is 17.6 Å². The van der Waals surface area contributed by atoms with Crippen LogP contribution < -0.4 is 0 Å². The number of fused-ring (bicyclic) bond motifs is 1. The second-order valence-electron chi connectivity index (χ2n) is 5.72. The fraction of sp³-hybridized carbons (Fsp3) is 0.562. The molecule has 0 N–H and O–H groups in total. The molecule has 2 aliphatic heterocycles. The van der Waals surface area contributed by atoms with Crippen molar-refractivity contribution in [1.82, 2.24) is 5.01 Å². The number of alkyl halides is 3. The standard InChI is InChI=1S/C16H16F4N2O/c17-15-12-10-11(4-3-8-16(18,19)20)6-7-13(12)22(21-15)14-5-1-2-9-23-14/h6-7,10,12-14H,1-2,5,8-9H2. The number of hydrogen-bond donors (Lipinski definition) is 0. The Hall–Kier alpha value is -1.81. The minimum Gasteiger partial charge on any atom is -0.357 e. The molecule has 0 aromatic heterocycles. The molecule has 1 saturated heterocycles. The molecule has 1 fully saturated rings. The zero-order valence-corrected chi connectivity index (χ0v) is 12.3. The smallest absolute Gasteiger partial charge is 0.357 e. The number of halogens is 4. The Morgan fingerprint density at radius 2 is 2.17 bits per heavy atom. The van der Waals surface area contributed by atoms with Crippen LogP contribution >= 0.6 is 0 Å². The predicted molar refractivity (Wildman–Crippen MR) is 76.9 cm³/mol. The lowest BCUT2D eigenvalue weighted by Gasteiger charge is -2.34. The largest absolute Gasteiger partial charge is 0.399 e. The fourth-order valence-corrected chi connectivity index (χ4v) is 2.89. The van der Waals surface area contributed by atoms with E-state index in [2.05, 4.69) is 16.9 Å². The summed E-state index contributed by atoms with van der Waals surface area (Å²) in [5.41, 5.74) is 0.382. The van der Waals surface area contributed by atoms with Crippen LogP contribution in [-0.2, 0) is 4.74 Å². The summed E-state index contributed by atoms with van der Waals surface area (Å²) in [7, 11) is 0. The van der Waals surface area contributed by atoms with Crippen LogP contribution in [0, 0.1) is 17.8 Å². The van der Waals surface area contributed by atoms with Gasteiger partial charge in [0.05, 0.1) is 12.0 Å². The SMILES string of the molecule is FC1=NN(C2CCCCO2)C2C=CC(C#CCC(F)(F)F)=CC12. The molecule has 3 unspecified atom stereocenters. The highest BCUT2D eigenvalue weighted by atomic mass is 19.4. The van der Waals surface area contributed by atoms with Gasteiger partial charge < -0.3 is 4.74 Å². The molecule has 0 aromatic carbocycles. The van der Waals surface area contributed by atoms with E-state index in [0.717, 1.165) is 19.3 Å². The van der Waals surface area contributed by atoms with Gasteiger partial charge in [-0.1, -0.05) is 24.0 Å².